The maximum Gasteiger partial charge on any atom is 0.239 e. The number of carbonyl (C=O) groups excluding carboxylic acids is 1. The van der Waals surface area contributed by atoms with Crippen LogP contribution in [0.4, 0.5) is 0 Å². The van der Waals surface area contributed by atoms with E-state index in [1.165, 1.54) is 0 Å². The quantitative estimate of drug-likeness (QED) is 0.741. The van der Waals surface area contributed by atoms with E-state index in [4.69, 9.17) is 0 Å². The van der Waals surface area contributed by atoms with Gasteiger partial charge in [-0.15, -0.1) is 0 Å². The van der Waals surface area contributed by atoms with Crippen LogP contribution in [-0.2, 0) is 4.79 Å². The number of hydrogen-bond donors (Lipinski definition) is 2. The Morgan fingerprint density at radius 3 is 2.56 bits per heavy atom. The standard InChI is InChI=1S/C12H24N2O2/c1-6-14(5)11(16)8(2)13-9-7-10(15)12(9,3)4/h8-10,13,15H,6-7H2,1-5H3. The highest BCUT2D eigenvalue weighted by Gasteiger charge is 2.47. The third-order valence-corrected chi connectivity index (χ3v) is 3.89. The first-order valence-electron chi connectivity index (χ1n) is 5.99. The van der Waals surface area contributed by atoms with Crippen molar-refractivity contribution in [3.63, 3.8) is 0 Å². The lowest BCUT2D eigenvalue weighted by Gasteiger charge is -2.50. The molecule has 0 bridgehead atoms. The molecule has 1 saturated carbocycles. The van der Waals surface area contributed by atoms with Crippen LogP contribution >= 0.6 is 0 Å². The Morgan fingerprint density at radius 1 is 1.62 bits per heavy atom. The van der Waals surface area contributed by atoms with Crippen LogP contribution in [0.5, 0.6) is 0 Å². The van der Waals surface area contributed by atoms with Gasteiger partial charge in [-0.3, -0.25) is 4.79 Å². The molecular formula is C12H24N2O2. The van der Waals surface area contributed by atoms with Crippen molar-refractivity contribution in [2.75, 3.05) is 13.6 Å². The van der Waals surface area contributed by atoms with Crippen LogP contribution in [0.3, 0.4) is 0 Å². The largest absolute Gasteiger partial charge is 0.392 e. The first kappa shape index (κ1) is 13.5. The lowest BCUT2D eigenvalue weighted by molar-refractivity contribution is -0.134. The summed E-state index contributed by atoms with van der Waals surface area (Å²) in [6.45, 7) is 8.62. The summed E-state index contributed by atoms with van der Waals surface area (Å²) in [6.07, 6.45) is 0.483. The van der Waals surface area contributed by atoms with Gasteiger partial charge in [-0.25, -0.2) is 0 Å². The summed E-state index contributed by atoms with van der Waals surface area (Å²) in [7, 11) is 1.81. The van der Waals surface area contributed by atoms with Crippen LogP contribution < -0.4 is 5.32 Å². The van der Waals surface area contributed by atoms with Crippen molar-refractivity contribution in [3.05, 3.63) is 0 Å². The smallest absolute Gasteiger partial charge is 0.239 e. The Hall–Kier alpha value is -0.610. The Kier molecular flexibility index (Phi) is 3.97. The van der Waals surface area contributed by atoms with Gasteiger partial charge in [-0.05, 0) is 20.3 Å². The lowest BCUT2D eigenvalue weighted by Crippen LogP contribution is -2.63. The number of carbonyl (C=O) groups is 1. The molecule has 0 aromatic carbocycles. The maximum absolute atomic E-state index is 11.8. The molecule has 2 N–H and O–H groups in total. The summed E-state index contributed by atoms with van der Waals surface area (Å²) in [5, 5.41) is 12.9. The Balaban J connectivity index is 2.47. The number of aliphatic hydroxyl groups is 1. The van der Waals surface area contributed by atoms with E-state index < -0.39 is 0 Å². The molecular weight excluding hydrogens is 204 g/mol. The van der Waals surface area contributed by atoms with E-state index in [-0.39, 0.29) is 29.5 Å². The molecule has 0 radical (unpaired) electrons. The highest BCUT2D eigenvalue weighted by atomic mass is 16.3. The zero-order chi connectivity index (χ0) is 12.5. The molecule has 1 aliphatic carbocycles. The minimum Gasteiger partial charge on any atom is -0.392 e. The number of nitrogens with one attached hydrogen (secondary N) is 1. The molecule has 1 rings (SSSR count). The van der Waals surface area contributed by atoms with Crippen LogP contribution in [-0.4, -0.2) is 47.7 Å². The van der Waals surface area contributed by atoms with E-state index in [9.17, 15) is 9.90 Å². The van der Waals surface area contributed by atoms with E-state index in [2.05, 4.69) is 5.32 Å². The maximum atomic E-state index is 11.8. The molecule has 1 amide bonds. The molecule has 1 fully saturated rings. The second-order valence-corrected chi connectivity index (χ2v) is 5.37. The van der Waals surface area contributed by atoms with Gasteiger partial charge in [0.2, 0.25) is 5.91 Å². The molecule has 0 saturated heterocycles. The first-order chi connectivity index (χ1) is 7.30. The van der Waals surface area contributed by atoms with Crippen molar-refractivity contribution >= 4 is 5.91 Å². The van der Waals surface area contributed by atoms with Crippen molar-refractivity contribution in [2.24, 2.45) is 5.41 Å². The summed E-state index contributed by atoms with van der Waals surface area (Å²) >= 11 is 0. The SMILES string of the molecule is CCN(C)C(=O)C(C)NC1CC(O)C1(C)C. The molecule has 0 aliphatic heterocycles. The number of likely N-dealkylation sites (N-methyl/N-ethyl adjacent to an activating group) is 1. The van der Waals surface area contributed by atoms with Crippen molar-refractivity contribution < 1.29 is 9.90 Å². The summed E-state index contributed by atoms with van der Waals surface area (Å²) in [6, 6.07) is 0.0495. The van der Waals surface area contributed by atoms with Crippen molar-refractivity contribution in [2.45, 2.75) is 52.3 Å². The molecule has 4 heteroatoms. The lowest BCUT2D eigenvalue weighted by atomic mass is 9.64. The molecule has 0 aromatic heterocycles. The summed E-state index contributed by atoms with van der Waals surface area (Å²) in [5.41, 5.74) is -0.126. The summed E-state index contributed by atoms with van der Waals surface area (Å²) in [5.74, 6) is 0.111. The van der Waals surface area contributed by atoms with Gasteiger partial charge >= 0.3 is 0 Å². The molecule has 1 aliphatic rings. The molecule has 3 unspecified atom stereocenters. The molecule has 0 spiro atoms. The molecule has 0 heterocycles. The van der Waals surface area contributed by atoms with E-state index in [0.717, 1.165) is 13.0 Å². The Morgan fingerprint density at radius 2 is 2.19 bits per heavy atom. The van der Waals surface area contributed by atoms with Crippen LogP contribution in [0, 0.1) is 5.41 Å². The second-order valence-electron chi connectivity index (χ2n) is 5.37. The van der Waals surface area contributed by atoms with Gasteiger partial charge in [0.25, 0.3) is 0 Å². The summed E-state index contributed by atoms with van der Waals surface area (Å²) < 4.78 is 0. The van der Waals surface area contributed by atoms with E-state index in [1.807, 2.05) is 27.7 Å². The van der Waals surface area contributed by atoms with Gasteiger partial charge in [0, 0.05) is 25.0 Å². The van der Waals surface area contributed by atoms with Crippen LogP contribution in [0.25, 0.3) is 0 Å². The zero-order valence-corrected chi connectivity index (χ0v) is 10.9. The predicted octanol–water partition coefficient (Wildman–Crippen LogP) is 0.602. The highest BCUT2D eigenvalue weighted by Crippen LogP contribution is 2.40. The fourth-order valence-corrected chi connectivity index (χ4v) is 2.04. The Labute approximate surface area is 98.0 Å². The van der Waals surface area contributed by atoms with Crippen molar-refractivity contribution in [1.82, 2.24) is 10.2 Å². The average molecular weight is 228 g/mol. The Bertz CT molecular complexity index is 266. The number of amides is 1. The molecule has 0 aromatic rings. The van der Waals surface area contributed by atoms with Crippen molar-refractivity contribution in [3.8, 4) is 0 Å². The average Bonchev–Trinajstić information content (AvgIpc) is 2.26. The van der Waals surface area contributed by atoms with Gasteiger partial charge in [-0.2, -0.15) is 0 Å². The van der Waals surface area contributed by atoms with Crippen molar-refractivity contribution in [1.29, 1.82) is 0 Å². The fraction of sp³-hybridized carbons (Fsp3) is 0.917. The topological polar surface area (TPSA) is 52.6 Å². The molecule has 94 valence electrons. The monoisotopic (exact) mass is 228 g/mol. The van der Waals surface area contributed by atoms with Gasteiger partial charge in [0.05, 0.1) is 12.1 Å². The number of rotatable bonds is 4. The third kappa shape index (κ3) is 2.38. The van der Waals surface area contributed by atoms with E-state index >= 15 is 0 Å². The van der Waals surface area contributed by atoms with Crippen LogP contribution in [0.1, 0.15) is 34.1 Å². The number of aliphatic hydroxyl groups excluding tert-OH is 1. The second kappa shape index (κ2) is 4.72. The van der Waals surface area contributed by atoms with E-state index in [1.54, 1.807) is 11.9 Å². The summed E-state index contributed by atoms with van der Waals surface area (Å²) in [4.78, 5) is 13.6. The molecule has 3 atom stereocenters. The van der Waals surface area contributed by atoms with Gasteiger partial charge in [0.15, 0.2) is 0 Å². The van der Waals surface area contributed by atoms with Gasteiger partial charge in [-0.1, -0.05) is 13.8 Å². The minimum absolute atomic E-state index is 0.111. The third-order valence-electron chi connectivity index (χ3n) is 3.89. The fourth-order valence-electron chi connectivity index (χ4n) is 2.04. The highest BCUT2D eigenvalue weighted by molar-refractivity contribution is 5.81. The van der Waals surface area contributed by atoms with Gasteiger partial charge < -0.3 is 15.3 Å². The first-order valence-corrected chi connectivity index (χ1v) is 5.99. The predicted molar refractivity (Wildman–Crippen MR) is 64.1 cm³/mol. The number of nitrogens with zero attached hydrogens (tertiary/aromatic N) is 1. The van der Waals surface area contributed by atoms with Crippen LogP contribution in [0.15, 0.2) is 0 Å². The van der Waals surface area contributed by atoms with E-state index in [0.29, 0.717) is 0 Å². The van der Waals surface area contributed by atoms with Gasteiger partial charge in [0.1, 0.15) is 0 Å². The number of hydrogen-bond acceptors (Lipinski definition) is 3. The zero-order valence-electron chi connectivity index (χ0n) is 10.9. The normalized spacial score (nSPS) is 29.4. The minimum atomic E-state index is -0.254. The molecule has 16 heavy (non-hydrogen) atoms. The molecule has 4 nitrogen and oxygen atoms in total. The van der Waals surface area contributed by atoms with Crippen LogP contribution in [0.2, 0.25) is 0 Å².